The van der Waals surface area contributed by atoms with Gasteiger partial charge in [0.05, 0.1) is 11.3 Å². The number of unbranched alkanes of at least 4 members (excludes halogenated alkanes) is 1. The summed E-state index contributed by atoms with van der Waals surface area (Å²) < 4.78 is 41.3. The highest BCUT2D eigenvalue weighted by molar-refractivity contribution is 7.85. The fourth-order valence-corrected chi connectivity index (χ4v) is 3.57. The molecule has 9 nitrogen and oxygen atoms in total. The molecule has 28 heavy (non-hydrogen) atoms. The van der Waals surface area contributed by atoms with Gasteiger partial charge in [-0.2, -0.15) is 8.42 Å². The van der Waals surface area contributed by atoms with Crippen LogP contribution < -0.4 is 5.32 Å². The highest BCUT2D eigenvalue weighted by Gasteiger charge is 2.27. The molecular weight excluding hydrogens is 390 g/mol. The lowest BCUT2D eigenvalue weighted by Crippen LogP contribution is -2.48. The van der Waals surface area contributed by atoms with Gasteiger partial charge < -0.3 is 19.6 Å². The molecule has 0 aliphatic heterocycles. The fourth-order valence-electron chi connectivity index (χ4n) is 2.59. The Morgan fingerprint density at radius 3 is 2.21 bits per heavy atom. The van der Waals surface area contributed by atoms with Gasteiger partial charge in [-0.15, -0.1) is 0 Å². The molecular formula is C18H33NO8S. The average molecular weight is 424 g/mol. The maximum Gasteiger partial charge on any atom is 0.335 e. The molecule has 1 amide bonds. The predicted molar refractivity (Wildman–Crippen MR) is 103 cm³/mol. The van der Waals surface area contributed by atoms with Crippen LogP contribution >= 0.6 is 0 Å². The first kappa shape index (κ1) is 26.5. The number of rotatable bonds is 14. The van der Waals surface area contributed by atoms with Crippen LogP contribution in [0.2, 0.25) is 0 Å². The Morgan fingerprint density at radius 1 is 1.11 bits per heavy atom. The molecule has 0 bridgehead atoms. The van der Waals surface area contributed by atoms with E-state index in [2.05, 4.69) is 5.32 Å². The van der Waals surface area contributed by atoms with Crippen LogP contribution in [0.4, 0.5) is 0 Å². The highest BCUT2D eigenvalue weighted by atomic mass is 32.2. The number of ketones is 1. The van der Waals surface area contributed by atoms with E-state index in [9.17, 15) is 22.8 Å². The molecule has 0 aromatic carbocycles. The van der Waals surface area contributed by atoms with Gasteiger partial charge in [-0.05, 0) is 53.4 Å². The summed E-state index contributed by atoms with van der Waals surface area (Å²) in [5.41, 5.74) is -1.14. The molecule has 0 spiro atoms. The molecule has 0 heterocycles. The summed E-state index contributed by atoms with van der Waals surface area (Å²) in [6, 6.07) is 0. The third-order valence-electron chi connectivity index (χ3n) is 3.99. The summed E-state index contributed by atoms with van der Waals surface area (Å²) >= 11 is 0. The van der Waals surface area contributed by atoms with Crippen molar-refractivity contribution in [2.24, 2.45) is 0 Å². The molecule has 0 aromatic heterocycles. The first-order valence-corrected chi connectivity index (χ1v) is 10.9. The van der Waals surface area contributed by atoms with Crippen molar-refractivity contribution in [3.63, 3.8) is 0 Å². The number of carbonyl (C=O) groups excluding carboxylic acids is 3. The largest absolute Gasteiger partial charge is 0.460 e. The van der Waals surface area contributed by atoms with Crippen LogP contribution in [0.5, 0.6) is 0 Å². The smallest absolute Gasteiger partial charge is 0.335 e. The normalized spacial score (nSPS) is 14.2. The van der Waals surface area contributed by atoms with E-state index < -0.39 is 45.5 Å². The van der Waals surface area contributed by atoms with Gasteiger partial charge in [-0.1, -0.05) is 0 Å². The van der Waals surface area contributed by atoms with Crippen LogP contribution in [-0.2, 0) is 34.0 Å². The third-order valence-corrected chi connectivity index (χ3v) is 5.07. The van der Waals surface area contributed by atoms with Gasteiger partial charge in [0.2, 0.25) is 5.91 Å². The van der Waals surface area contributed by atoms with E-state index in [0.29, 0.717) is 25.7 Å². The van der Waals surface area contributed by atoms with Gasteiger partial charge >= 0.3 is 5.97 Å². The molecule has 0 saturated carbocycles. The van der Waals surface area contributed by atoms with E-state index in [1.54, 1.807) is 6.92 Å². The minimum atomic E-state index is -4.23. The van der Waals surface area contributed by atoms with Crippen molar-refractivity contribution < 1.29 is 36.8 Å². The van der Waals surface area contributed by atoms with Gasteiger partial charge in [0.25, 0.3) is 10.1 Å². The van der Waals surface area contributed by atoms with Crippen molar-refractivity contribution in [3.8, 4) is 0 Å². The zero-order valence-corrected chi connectivity index (χ0v) is 18.1. The lowest BCUT2D eigenvalue weighted by atomic mass is 10.0. The first-order valence-electron chi connectivity index (χ1n) is 9.24. The van der Waals surface area contributed by atoms with Crippen LogP contribution in [0, 0.1) is 0 Å². The van der Waals surface area contributed by atoms with Crippen LogP contribution in [0.3, 0.4) is 0 Å². The number of hydrogen-bond donors (Lipinski definition) is 2. The zero-order valence-electron chi connectivity index (χ0n) is 17.3. The minimum absolute atomic E-state index is 0.0148. The number of Topliss-reactive ketones (excluding diaryl/α,β-unsaturated/α-hetero) is 1. The molecule has 0 saturated heterocycles. The zero-order chi connectivity index (χ0) is 22.0. The maximum atomic E-state index is 12.1. The summed E-state index contributed by atoms with van der Waals surface area (Å²) in [6.07, 6.45) is 1.27. The summed E-state index contributed by atoms with van der Waals surface area (Å²) in [7, 11) is -2.85. The Morgan fingerprint density at radius 2 is 1.71 bits per heavy atom. The first-order chi connectivity index (χ1) is 12.8. The third kappa shape index (κ3) is 13.6. The number of carbonyl (C=O) groups is 3. The minimum Gasteiger partial charge on any atom is -0.460 e. The second kappa shape index (κ2) is 12.1. The van der Waals surface area contributed by atoms with Crippen LogP contribution in [0.1, 0.15) is 66.2 Å². The van der Waals surface area contributed by atoms with E-state index in [1.165, 1.54) is 27.9 Å². The summed E-state index contributed by atoms with van der Waals surface area (Å²) in [5, 5.41) is 2.55. The molecule has 0 rings (SSSR count). The van der Waals surface area contributed by atoms with E-state index >= 15 is 0 Å². The monoisotopic (exact) mass is 423 g/mol. The molecule has 0 aromatic rings. The summed E-state index contributed by atoms with van der Waals surface area (Å²) in [6.45, 7) is 6.03. The molecule has 164 valence electrons. The van der Waals surface area contributed by atoms with Crippen molar-refractivity contribution in [3.05, 3.63) is 0 Å². The fraction of sp³-hybridized carbons (Fsp3) is 0.833. The number of esters is 1. The Bertz CT molecular complexity index is 629. The summed E-state index contributed by atoms with van der Waals surface area (Å²) in [4.78, 5) is 35.1. The van der Waals surface area contributed by atoms with Gasteiger partial charge in [0.1, 0.15) is 11.9 Å². The number of methoxy groups -OCH3 is 1. The molecule has 2 N–H and O–H groups in total. The average Bonchev–Trinajstić information content (AvgIpc) is 2.52. The topological polar surface area (TPSA) is 136 Å². The SMILES string of the molecule is COC(C)C(=O)OC(CCCCC(C)=O)CCC(=O)NC(C)(C)CS(=O)(=O)O. The van der Waals surface area contributed by atoms with Crippen molar-refractivity contribution in [1.82, 2.24) is 5.32 Å². The van der Waals surface area contributed by atoms with Crippen LogP contribution in [-0.4, -0.2) is 61.2 Å². The summed E-state index contributed by atoms with van der Waals surface area (Å²) in [5.74, 6) is -1.48. The Hall–Kier alpha value is -1.52. The Balaban J connectivity index is 4.72. The van der Waals surface area contributed by atoms with Gasteiger partial charge in [-0.25, -0.2) is 4.79 Å². The predicted octanol–water partition coefficient (Wildman–Crippen LogP) is 1.65. The maximum absolute atomic E-state index is 12.1. The molecule has 2 unspecified atom stereocenters. The molecule has 10 heteroatoms. The molecule has 0 radical (unpaired) electrons. The molecule has 0 fully saturated rings. The van der Waals surface area contributed by atoms with Crippen LogP contribution in [0.15, 0.2) is 0 Å². The van der Waals surface area contributed by atoms with Crippen molar-refractivity contribution in [2.45, 2.75) is 84.0 Å². The number of nitrogens with one attached hydrogen (secondary N) is 1. The number of ether oxygens (including phenoxy) is 2. The van der Waals surface area contributed by atoms with Crippen molar-refractivity contribution in [1.29, 1.82) is 0 Å². The number of hydrogen-bond acceptors (Lipinski definition) is 7. The second-order valence-electron chi connectivity index (χ2n) is 7.58. The van der Waals surface area contributed by atoms with Gasteiger partial charge in [0, 0.05) is 20.0 Å². The lowest BCUT2D eigenvalue weighted by Gasteiger charge is -2.25. The van der Waals surface area contributed by atoms with E-state index in [1.807, 2.05) is 0 Å². The Kier molecular flexibility index (Phi) is 11.5. The van der Waals surface area contributed by atoms with Crippen LogP contribution in [0.25, 0.3) is 0 Å². The van der Waals surface area contributed by atoms with Crippen molar-refractivity contribution >= 4 is 27.8 Å². The van der Waals surface area contributed by atoms with Crippen molar-refractivity contribution in [2.75, 3.05) is 12.9 Å². The quantitative estimate of drug-likeness (QED) is 0.244. The Labute approximate surface area is 167 Å². The van der Waals surface area contributed by atoms with E-state index in [4.69, 9.17) is 14.0 Å². The number of amides is 1. The lowest BCUT2D eigenvalue weighted by molar-refractivity contribution is -0.161. The molecule has 0 aliphatic carbocycles. The van der Waals surface area contributed by atoms with E-state index in [0.717, 1.165) is 0 Å². The van der Waals surface area contributed by atoms with Gasteiger partial charge in [-0.3, -0.25) is 9.35 Å². The second-order valence-corrected chi connectivity index (χ2v) is 9.03. The van der Waals surface area contributed by atoms with E-state index in [-0.39, 0.29) is 18.6 Å². The standard InChI is InChI=1S/C18H33NO8S/c1-13(20)8-6-7-9-15(27-17(22)14(2)26-5)10-11-16(21)19-18(3,4)12-28(23,24)25/h14-15H,6-12H2,1-5H3,(H,19,21)(H,23,24,25). The van der Waals surface area contributed by atoms with Gasteiger partial charge in [0.15, 0.2) is 6.10 Å². The molecule has 0 aliphatic rings. The molecule has 2 atom stereocenters. The highest BCUT2D eigenvalue weighted by Crippen LogP contribution is 2.15.